The van der Waals surface area contributed by atoms with Gasteiger partial charge in [0.2, 0.25) is 0 Å². The standard InChI is InChI=1S/C18H17N3O3S/c1-24-17(23)15-8-12-4-2-3-5-13(12)10-20(15)11-14-9-16(22)21-6-7-25-18(21)19-14/h2-7,9,15H,8,10-11H2,1H3/t15-/m1/s1. The number of ether oxygens (including phenoxy) is 1. The highest BCUT2D eigenvalue weighted by molar-refractivity contribution is 7.15. The minimum atomic E-state index is -0.372. The highest BCUT2D eigenvalue weighted by Gasteiger charge is 2.32. The summed E-state index contributed by atoms with van der Waals surface area (Å²) in [6.45, 7) is 1.05. The smallest absolute Gasteiger partial charge is 0.323 e. The average Bonchev–Trinajstić information content (AvgIpc) is 3.09. The Balaban J connectivity index is 1.68. The third kappa shape index (κ3) is 2.96. The van der Waals surface area contributed by atoms with E-state index >= 15 is 0 Å². The van der Waals surface area contributed by atoms with E-state index in [1.807, 2.05) is 28.5 Å². The minimum Gasteiger partial charge on any atom is -0.468 e. The number of benzene rings is 1. The van der Waals surface area contributed by atoms with Gasteiger partial charge in [-0.05, 0) is 17.5 Å². The Morgan fingerprint density at radius 3 is 2.96 bits per heavy atom. The lowest BCUT2D eigenvalue weighted by molar-refractivity contribution is -0.148. The molecule has 0 amide bonds. The maximum atomic E-state index is 12.3. The van der Waals surface area contributed by atoms with Gasteiger partial charge in [-0.3, -0.25) is 18.9 Å². The minimum absolute atomic E-state index is 0.103. The zero-order chi connectivity index (χ0) is 17.4. The Kier molecular flexibility index (Phi) is 4.10. The van der Waals surface area contributed by atoms with E-state index in [0.29, 0.717) is 30.2 Å². The first-order chi connectivity index (χ1) is 12.2. The van der Waals surface area contributed by atoms with Gasteiger partial charge in [0.25, 0.3) is 5.56 Å². The van der Waals surface area contributed by atoms with Crippen LogP contribution in [-0.4, -0.2) is 33.4 Å². The van der Waals surface area contributed by atoms with Gasteiger partial charge in [-0.25, -0.2) is 4.98 Å². The SMILES string of the molecule is COC(=O)[C@H]1Cc2ccccc2CN1Cc1cc(=O)n2ccsc2n1. The fourth-order valence-electron chi connectivity index (χ4n) is 3.29. The molecule has 25 heavy (non-hydrogen) atoms. The van der Waals surface area contributed by atoms with Gasteiger partial charge < -0.3 is 4.74 Å². The van der Waals surface area contributed by atoms with Crippen molar-refractivity contribution in [3.8, 4) is 0 Å². The summed E-state index contributed by atoms with van der Waals surface area (Å²) in [7, 11) is 1.41. The van der Waals surface area contributed by atoms with Crippen LogP contribution < -0.4 is 5.56 Å². The van der Waals surface area contributed by atoms with E-state index in [4.69, 9.17) is 4.74 Å². The van der Waals surface area contributed by atoms with Gasteiger partial charge in [0, 0.05) is 30.7 Å². The first kappa shape index (κ1) is 16.0. The molecule has 6 nitrogen and oxygen atoms in total. The lowest BCUT2D eigenvalue weighted by Gasteiger charge is -2.34. The summed E-state index contributed by atoms with van der Waals surface area (Å²) in [6.07, 6.45) is 2.32. The highest BCUT2D eigenvalue weighted by Crippen LogP contribution is 2.25. The Labute approximate surface area is 148 Å². The van der Waals surface area contributed by atoms with Gasteiger partial charge >= 0.3 is 5.97 Å². The van der Waals surface area contributed by atoms with Crippen LogP contribution in [0.1, 0.15) is 16.8 Å². The van der Waals surface area contributed by atoms with Gasteiger partial charge in [0.1, 0.15) is 6.04 Å². The van der Waals surface area contributed by atoms with Crippen LogP contribution in [0.3, 0.4) is 0 Å². The Morgan fingerprint density at radius 1 is 1.36 bits per heavy atom. The van der Waals surface area contributed by atoms with Gasteiger partial charge in [-0.15, -0.1) is 11.3 Å². The van der Waals surface area contributed by atoms with Crippen LogP contribution >= 0.6 is 11.3 Å². The number of hydrogen-bond donors (Lipinski definition) is 0. The molecule has 1 aliphatic rings. The maximum absolute atomic E-state index is 12.3. The van der Waals surface area contributed by atoms with Crippen LogP contribution in [0, 0.1) is 0 Å². The highest BCUT2D eigenvalue weighted by atomic mass is 32.1. The molecule has 0 aliphatic carbocycles. The first-order valence-corrected chi connectivity index (χ1v) is 8.88. The molecule has 0 spiro atoms. The van der Waals surface area contributed by atoms with E-state index in [-0.39, 0.29) is 17.6 Å². The van der Waals surface area contributed by atoms with Crippen molar-refractivity contribution in [3.05, 3.63) is 69.1 Å². The third-order valence-corrected chi connectivity index (χ3v) is 5.30. The second kappa shape index (κ2) is 6.42. The molecule has 3 aromatic rings. The summed E-state index contributed by atoms with van der Waals surface area (Å²) in [4.78, 5) is 31.7. The first-order valence-electron chi connectivity index (χ1n) is 8.00. The lowest BCUT2D eigenvalue weighted by Crippen LogP contribution is -2.45. The van der Waals surface area contributed by atoms with Gasteiger partial charge in [-0.1, -0.05) is 24.3 Å². The fourth-order valence-corrected chi connectivity index (χ4v) is 4.03. The summed E-state index contributed by atoms with van der Waals surface area (Å²) in [5.74, 6) is -0.261. The molecular weight excluding hydrogens is 338 g/mol. The topological polar surface area (TPSA) is 63.9 Å². The van der Waals surface area contributed by atoms with Crippen LogP contribution in [0.5, 0.6) is 0 Å². The zero-order valence-electron chi connectivity index (χ0n) is 13.7. The number of nitrogens with zero attached hydrogens (tertiary/aromatic N) is 3. The molecule has 0 bridgehead atoms. The molecule has 7 heteroatoms. The molecule has 0 saturated carbocycles. The average molecular weight is 355 g/mol. The molecule has 128 valence electrons. The van der Waals surface area contributed by atoms with Crippen LogP contribution in [0.25, 0.3) is 4.96 Å². The van der Waals surface area contributed by atoms with Crippen molar-refractivity contribution in [2.75, 3.05) is 7.11 Å². The second-order valence-corrected chi connectivity index (χ2v) is 6.93. The molecule has 0 N–H and O–H groups in total. The Bertz CT molecular complexity index is 994. The van der Waals surface area contributed by atoms with Crippen LogP contribution in [-0.2, 0) is 29.0 Å². The van der Waals surface area contributed by atoms with Crippen molar-refractivity contribution in [2.24, 2.45) is 0 Å². The summed E-state index contributed by atoms with van der Waals surface area (Å²) in [6, 6.07) is 9.26. The van der Waals surface area contributed by atoms with Gasteiger partial charge in [-0.2, -0.15) is 0 Å². The number of rotatable bonds is 3. The number of hydrogen-bond acceptors (Lipinski definition) is 6. The predicted octanol–water partition coefficient (Wildman–Crippen LogP) is 1.86. The molecule has 0 radical (unpaired) electrons. The molecule has 2 aromatic heterocycles. The monoisotopic (exact) mass is 355 g/mol. The molecule has 3 heterocycles. The maximum Gasteiger partial charge on any atom is 0.323 e. The Hall–Kier alpha value is -2.51. The summed E-state index contributed by atoms with van der Waals surface area (Å²) >= 11 is 1.42. The van der Waals surface area contributed by atoms with E-state index in [1.165, 1.54) is 34.5 Å². The summed E-state index contributed by atoms with van der Waals surface area (Å²) in [5.41, 5.74) is 2.92. The van der Waals surface area contributed by atoms with Crippen LogP contribution in [0.15, 0.2) is 46.7 Å². The van der Waals surface area contributed by atoms with Crippen molar-refractivity contribution in [2.45, 2.75) is 25.6 Å². The molecule has 0 saturated heterocycles. The van der Waals surface area contributed by atoms with E-state index in [1.54, 1.807) is 6.20 Å². The zero-order valence-corrected chi connectivity index (χ0v) is 14.5. The number of carbonyl (C=O) groups excluding carboxylic acids is 1. The van der Waals surface area contributed by atoms with E-state index in [2.05, 4.69) is 11.1 Å². The van der Waals surface area contributed by atoms with Crippen molar-refractivity contribution in [1.82, 2.24) is 14.3 Å². The van der Waals surface area contributed by atoms with Crippen molar-refractivity contribution in [3.63, 3.8) is 0 Å². The van der Waals surface area contributed by atoms with E-state index in [0.717, 1.165) is 5.56 Å². The van der Waals surface area contributed by atoms with E-state index < -0.39 is 0 Å². The van der Waals surface area contributed by atoms with Gasteiger partial charge in [0.15, 0.2) is 4.96 Å². The molecule has 4 rings (SSSR count). The van der Waals surface area contributed by atoms with Crippen molar-refractivity contribution >= 4 is 22.3 Å². The molecule has 1 aliphatic heterocycles. The number of fused-ring (bicyclic) bond motifs is 2. The number of thiazole rings is 1. The second-order valence-electron chi connectivity index (χ2n) is 6.06. The molecule has 1 aromatic carbocycles. The predicted molar refractivity (Wildman–Crippen MR) is 94.5 cm³/mol. The van der Waals surface area contributed by atoms with E-state index in [9.17, 15) is 9.59 Å². The number of esters is 1. The molecule has 0 unspecified atom stereocenters. The molecular formula is C18H17N3O3S. The summed E-state index contributed by atoms with van der Waals surface area (Å²) in [5, 5.41) is 1.84. The van der Waals surface area contributed by atoms with Crippen molar-refractivity contribution < 1.29 is 9.53 Å². The van der Waals surface area contributed by atoms with Gasteiger partial charge in [0.05, 0.1) is 12.8 Å². The normalized spacial score (nSPS) is 17.4. The number of carbonyl (C=O) groups is 1. The number of methoxy groups -OCH3 is 1. The van der Waals surface area contributed by atoms with Crippen LogP contribution in [0.4, 0.5) is 0 Å². The molecule has 1 atom stereocenters. The largest absolute Gasteiger partial charge is 0.468 e. The molecule has 0 fully saturated rings. The Morgan fingerprint density at radius 2 is 2.16 bits per heavy atom. The quantitative estimate of drug-likeness (QED) is 0.671. The summed E-state index contributed by atoms with van der Waals surface area (Å²) < 4.78 is 6.51. The van der Waals surface area contributed by atoms with Crippen molar-refractivity contribution in [1.29, 1.82) is 0 Å². The number of aromatic nitrogens is 2. The van der Waals surface area contributed by atoms with Crippen LogP contribution in [0.2, 0.25) is 0 Å². The third-order valence-electron chi connectivity index (χ3n) is 4.54. The fraction of sp³-hybridized carbons (Fsp3) is 0.278. The lowest BCUT2D eigenvalue weighted by atomic mass is 9.94.